The molecule has 3 aromatic carbocycles. The van der Waals surface area contributed by atoms with Crippen molar-refractivity contribution in [2.45, 2.75) is 32.2 Å². The van der Waals surface area contributed by atoms with E-state index in [0.29, 0.717) is 0 Å². The Morgan fingerprint density at radius 3 is 2.17 bits per heavy atom. The van der Waals surface area contributed by atoms with Gasteiger partial charge in [-0.05, 0) is 36.1 Å². The molecule has 9 heteroatoms. The van der Waals surface area contributed by atoms with Crippen LogP contribution in [0, 0.1) is 24.0 Å². The molecule has 0 saturated heterocycles. The fraction of sp³-hybridized carbons (Fsp3) is 0.231. The van der Waals surface area contributed by atoms with E-state index in [4.69, 9.17) is 4.74 Å². The van der Waals surface area contributed by atoms with Crippen LogP contribution in [0.4, 0.5) is 10.5 Å². The number of nitrogens with zero attached hydrogens (tertiary/aromatic N) is 1. The molecule has 0 radical (unpaired) electrons. The third-order valence-corrected chi connectivity index (χ3v) is 6.47. The number of aromatic hydroxyl groups is 1. The number of carbonyl (C=O) groups is 2. The highest BCUT2D eigenvalue weighted by Crippen LogP contribution is 2.44. The third kappa shape index (κ3) is 4.52. The standard InChI is InChI=1S/C26H24N2O7/c1-14-15(2)24(29)16(12-23(14)28(33)34)11-22(25(30)31)27-26(32)35-13-21-19-9-5-3-7-17(19)18-8-4-6-10-20(18)21/h3-10,12,21-22,29H,11,13H2,1-2H3,(H,27,32)(H,30,31). The number of amides is 1. The second-order valence-electron chi connectivity index (χ2n) is 8.48. The second kappa shape index (κ2) is 9.46. The van der Waals surface area contributed by atoms with Crippen molar-refractivity contribution in [3.63, 3.8) is 0 Å². The molecule has 0 spiro atoms. The number of nitrogens with one attached hydrogen (secondary N) is 1. The van der Waals surface area contributed by atoms with Gasteiger partial charge in [-0.15, -0.1) is 0 Å². The fourth-order valence-corrected chi connectivity index (χ4v) is 4.50. The van der Waals surface area contributed by atoms with E-state index in [-0.39, 0.29) is 47.1 Å². The van der Waals surface area contributed by atoms with Crippen molar-refractivity contribution in [1.29, 1.82) is 0 Å². The van der Waals surface area contributed by atoms with E-state index in [9.17, 15) is 29.9 Å². The Balaban J connectivity index is 1.49. The maximum Gasteiger partial charge on any atom is 0.407 e. The van der Waals surface area contributed by atoms with Crippen molar-refractivity contribution in [3.05, 3.63) is 92.5 Å². The number of nitro benzene ring substituents is 1. The van der Waals surface area contributed by atoms with Gasteiger partial charge in [0.15, 0.2) is 0 Å². The minimum Gasteiger partial charge on any atom is -0.507 e. The number of phenols is 1. The summed E-state index contributed by atoms with van der Waals surface area (Å²) in [6.45, 7) is 3.02. The van der Waals surface area contributed by atoms with Gasteiger partial charge in [0.25, 0.3) is 5.69 Å². The van der Waals surface area contributed by atoms with Gasteiger partial charge in [0.1, 0.15) is 18.4 Å². The van der Waals surface area contributed by atoms with E-state index in [1.807, 2.05) is 48.5 Å². The molecule has 1 aliphatic rings. The second-order valence-corrected chi connectivity index (χ2v) is 8.48. The number of hydrogen-bond acceptors (Lipinski definition) is 6. The van der Waals surface area contributed by atoms with E-state index in [1.165, 1.54) is 13.8 Å². The van der Waals surface area contributed by atoms with Crippen molar-refractivity contribution >= 4 is 17.7 Å². The molecular weight excluding hydrogens is 452 g/mol. The van der Waals surface area contributed by atoms with E-state index < -0.39 is 23.0 Å². The summed E-state index contributed by atoms with van der Waals surface area (Å²) < 4.78 is 5.41. The Morgan fingerprint density at radius 2 is 1.63 bits per heavy atom. The summed E-state index contributed by atoms with van der Waals surface area (Å²) in [7, 11) is 0. The predicted octanol–water partition coefficient (Wildman–Crippen LogP) is 4.45. The molecule has 4 rings (SSSR count). The molecule has 3 aromatic rings. The average Bonchev–Trinajstić information content (AvgIpc) is 3.15. The molecule has 1 unspecified atom stereocenters. The zero-order chi connectivity index (χ0) is 25.3. The van der Waals surface area contributed by atoms with Crippen molar-refractivity contribution in [2.75, 3.05) is 6.61 Å². The van der Waals surface area contributed by atoms with Crippen LogP contribution in [0.5, 0.6) is 5.75 Å². The fourth-order valence-electron chi connectivity index (χ4n) is 4.50. The Hall–Kier alpha value is -4.40. The van der Waals surface area contributed by atoms with Crippen molar-refractivity contribution in [1.82, 2.24) is 5.32 Å². The van der Waals surface area contributed by atoms with Crippen LogP contribution >= 0.6 is 0 Å². The summed E-state index contributed by atoms with van der Waals surface area (Å²) >= 11 is 0. The van der Waals surface area contributed by atoms with Gasteiger partial charge >= 0.3 is 12.1 Å². The summed E-state index contributed by atoms with van der Waals surface area (Å²) in [6, 6.07) is 15.3. The normalized spacial score (nSPS) is 13.0. The smallest absolute Gasteiger partial charge is 0.407 e. The van der Waals surface area contributed by atoms with Crippen LogP contribution in [0.1, 0.15) is 33.7 Å². The Bertz CT molecular complexity index is 1290. The van der Waals surface area contributed by atoms with Gasteiger partial charge in [0, 0.05) is 35.1 Å². The van der Waals surface area contributed by atoms with Crippen molar-refractivity contribution in [3.8, 4) is 16.9 Å². The third-order valence-electron chi connectivity index (χ3n) is 6.47. The zero-order valence-corrected chi connectivity index (χ0v) is 19.1. The summed E-state index contributed by atoms with van der Waals surface area (Å²) in [5, 5.41) is 33.7. The molecule has 0 aromatic heterocycles. The van der Waals surface area contributed by atoms with E-state index >= 15 is 0 Å². The highest BCUT2D eigenvalue weighted by molar-refractivity contribution is 5.81. The molecule has 9 nitrogen and oxygen atoms in total. The number of benzene rings is 3. The number of rotatable bonds is 7. The Labute approximate surface area is 201 Å². The molecule has 0 aliphatic heterocycles. The van der Waals surface area contributed by atoms with Gasteiger partial charge in [-0.25, -0.2) is 9.59 Å². The molecule has 1 atom stereocenters. The molecule has 1 amide bonds. The van der Waals surface area contributed by atoms with Crippen LogP contribution in [-0.2, 0) is 16.0 Å². The number of nitro groups is 1. The summed E-state index contributed by atoms with van der Waals surface area (Å²) in [6.07, 6.45) is -1.29. The van der Waals surface area contributed by atoms with Gasteiger partial charge in [0.2, 0.25) is 0 Å². The monoisotopic (exact) mass is 476 g/mol. The quantitative estimate of drug-likeness (QED) is 0.338. The van der Waals surface area contributed by atoms with Crippen LogP contribution in [0.25, 0.3) is 11.1 Å². The van der Waals surface area contributed by atoms with Gasteiger partial charge in [-0.3, -0.25) is 10.1 Å². The molecule has 35 heavy (non-hydrogen) atoms. The molecule has 0 heterocycles. The average molecular weight is 476 g/mol. The highest BCUT2D eigenvalue weighted by Gasteiger charge is 2.30. The topological polar surface area (TPSA) is 139 Å². The van der Waals surface area contributed by atoms with Crippen LogP contribution in [0.15, 0.2) is 54.6 Å². The number of aliphatic carboxylic acids is 1. The summed E-state index contributed by atoms with van der Waals surface area (Å²) in [4.78, 5) is 35.1. The first kappa shape index (κ1) is 23.7. The molecule has 1 aliphatic carbocycles. The van der Waals surface area contributed by atoms with Gasteiger partial charge in [-0.2, -0.15) is 0 Å². The molecular formula is C26H24N2O7. The highest BCUT2D eigenvalue weighted by atomic mass is 16.6. The van der Waals surface area contributed by atoms with Gasteiger partial charge in [0.05, 0.1) is 4.92 Å². The number of carbonyl (C=O) groups excluding carboxylic acids is 1. The summed E-state index contributed by atoms with van der Waals surface area (Å²) in [5.41, 5.74) is 4.53. The molecule has 0 saturated carbocycles. The van der Waals surface area contributed by atoms with Crippen LogP contribution in [0.2, 0.25) is 0 Å². The van der Waals surface area contributed by atoms with Gasteiger partial charge < -0.3 is 20.3 Å². The number of fused-ring (bicyclic) bond motifs is 3. The van der Waals surface area contributed by atoms with E-state index in [2.05, 4.69) is 5.32 Å². The number of alkyl carbamates (subject to hydrolysis) is 1. The Morgan fingerprint density at radius 1 is 1.06 bits per heavy atom. The predicted molar refractivity (Wildman–Crippen MR) is 128 cm³/mol. The number of ether oxygens (including phenoxy) is 1. The lowest BCUT2D eigenvalue weighted by Crippen LogP contribution is -2.43. The number of carboxylic acid groups (broad SMARTS) is 1. The molecule has 3 N–H and O–H groups in total. The first-order chi connectivity index (χ1) is 16.7. The minimum absolute atomic E-state index is 0.00651. The maximum atomic E-state index is 12.5. The van der Waals surface area contributed by atoms with E-state index in [1.54, 1.807) is 0 Å². The first-order valence-corrected chi connectivity index (χ1v) is 11.0. The largest absolute Gasteiger partial charge is 0.507 e. The minimum atomic E-state index is -1.46. The molecule has 0 fully saturated rings. The summed E-state index contributed by atoms with van der Waals surface area (Å²) in [5.74, 6) is -1.80. The van der Waals surface area contributed by atoms with Crippen LogP contribution in [0.3, 0.4) is 0 Å². The van der Waals surface area contributed by atoms with Gasteiger partial charge in [-0.1, -0.05) is 48.5 Å². The van der Waals surface area contributed by atoms with Crippen molar-refractivity contribution in [2.24, 2.45) is 0 Å². The molecule has 180 valence electrons. The lowest BCUT2D eigenvalue weighted by Gasteiger charge is -2.18. The van der Waals surface area contributed by atoms with Crippen LogP contribution < -0.4 is 5.32 Å². The lowest BCUT2D eigenvalue weighted by molar-refractivity contribution is -0.385. The van der Waals surface area contributed by atoms with Crippen molar-refractivity contribution < 1.29 is 29.5 Å². The zero-order valence-electron chi connectivity index (χ0n) is 19.1. The first-order valence-electron chi connectivity index (χ1n) is 11.0. The Kier molecular flexibility index (Phi) is 6.42. The lowest BCUT2D eigenvalue weighted by atomic mass is 9.97. The number of carboxylic acids is 1. The maximum absolute atomic E-state index is 12.5. The SMILES string of the molecule is Cc1c([N+](=O)[O-])cc(CC(NC(=O)OCC2c3ccccc3-c3ccccc32)C(=O)O)c(O)c1C. The number of hydrogen-bond donors (Lipinski definition) is 3. The van der Waals surface area contributed by atoms with Crippen LogP contribution in [-0.4, -0.2) is 39.8 Å². The molecule has 0 bridgehead atoms. The number of phenolic OH excluding ortho intramolecular Hbond substituents is 1. The van der Waals surface area contributed by atoms with E-state index in [0.717, 1.165) is 28.3 Å².